The fraction of sp³-hybridized carbons (Fsp3) is 0.200. The van der Waals surface area contributed by atoms with Crippen molar-refractivity contribution < 1.29 is 0 Å². The molecule has 4 nitrogen and oxygen atoms in total. The van der Waals surface area contributed by atoms with Gasteiger partial charge < -0.3 is 0 Å². The topological polar surface area (TPSA) is 95.2 Å². The van der Waals surface area contributed by atoms with E-state index in [1.165, 1.54) is 0 Å². The molecular weight excluding hydrogens is 116 g/mol. The summed E-state index contributed by atoms with van der Waals surface area (Å²) in [6.45, 7) is 14.0. The van der Waals surface area contributed by atoms with Gasteiger partial charge in [-0.2, -0.15) is 0 Å². The molecule has 0 aliphatic rings. The van der Waals surface area contributed by atoms with Gasteiger partial charge in [0.05, 0.1) is 0 Å². The lowest BCUT2D eigenvalue weighted by molar-refractivity contribution is 1.58. The molecule has 0 atom stereocenters. The summed E-state index contributed by atoms with van der Waals surface area (Å²) in [6, 6.07) is 0. The summed E-state index contributed by atoms with van der Waals surface area (Å²) in [5.41, 5.74) is 0. The van der Waals surface area contributed by atoms with Crippen molar-refractivity contribution in [2.45, 2.75) is 7.43 Å². The maximum atomic E-state index is 6.50. The van der Waals surface area contributed by atoms with Crippen LogP contribution in [0.25, 0.3) is 0 Å². The maximum Gasteiger partial charge on any atom is 0.0462 e. The van der Waals surface area contributed by atoms with Crippen molar-refractivity contribution in [2.75, 3.05) is 0 Å². The van der Waals surface area contributed by atoms with E-state index in [2.05, 4.69) is 26.3 Å². The molecule has 0 aromatic carbocycles. The Bertz CT molecular complexity index is 51.9. The van der Waals surface area contributed by atoms with Gasteiger partial charge in [0.1, 0.15) is 0 Å². The van der Waals surface area contributed by atoms with Crippen LogP contribution in [0.3, 0.4) is 0 Å². The van der Waals surface area contributed by atoms with Crippen molar-refractivity contribution in [1.82, 2.24) is 0 Å². The van der Waals surface area contributed by atoms with Crippen LogP contribution in [0, 0.1) is 47.3 Å². The van der Waals surface area contributed by atoms with Crippen molar-refractivity contribution in [3.8, 4) is 26.3 Å². The van der Waals surface area contributed by atoms with Crippen LogP contribution >= 0.6 is 0 Å². The number of hydrogen-bond donors (Lipinski definition) is 0. The van der Waals surface area contributed by atoms with Gasteiger partial charge in [-0.3, -0.25) is 0 Å². The first-order valence-corrected chi connectivity index (χ1v) is 1.03. The summed E-state index contributed by atoms with van der Waals surface area (Å²) in [6.07, 6.45) is 0. The number of rotatable bonds is 0. The molecule has 0 saturated heterocycles. The van der Waals surface area contributed by atoms with Crippen LogP contribution in [0.1, 0.15) is 7.43 Å². The van der Waals surface area contributed by atoms with Crippen molar-refractivity contribution >= 4 is 0 Å². The Balaban J connectivity index is -0.00000000762. The monoisotopic (exact) mass is 124 g/mol. The highest BCUT2D eigenvalue weighted by Crippen LogP contribution is 0.592. The first kappa shape index (κ1) is 64.4. The molecule has 0 unspecified atom stereocenters. The molecule has 0 rings (SSSR count). The van der Waals surface area contributed by atoms with E-state index in [-0.39, 0.29) is 7.43 Å². The van der Waals surface area contributed by atoms with Crippen LogP contribution in [0.5, 0.6) is 0 Å². The quantitative estimate of drug-likeness (QED) is 0.484. The molecule has 0 aromatic rings. The Hall–Kier alpha value is -2.04. The lowest BCUT2D eigenvalue weighted by atomic mass is 11.9. The molecule has 48 valence electrons. The van der Waals surface area contributed by atoms with Gasteiger partial charge in [0.25, 0.3) is 0 Å². The van der Waals surface area contributed by atoms with Gasteiger partial charge in [-0.1, -0.05) is 7.43 Å². The van der Waals surface area contributed by atoms with Crippen LogP contribution < -0.4 is 0 Å². The van der Waals surface area contributed by atoms with Crippen molar-refractivity contribution in [1.29, 1.82) is 21.0 Å². The number of hydrogen-bond acceptors (Lipinski definition) is 4. The SMILES string of the molecule is C.C#N.C#N.C#N.C#N. The average molecular weight is 124 g/mol. The summed E-state index contributed by atoms with van der Waals surface area (Å²) >= 11 is 0. The summed E-state index contributed by atoms with van der Waals surface area (Å²) in [5, 5.41) is 26.0. The Morgan fingerprint density at radius 2 is 0.444 bits per heavy atom. The lowest BCUT2D eigenvalue weighted by Crippen LogP contribution is -0.569. The fourth-order valence-electron chi connectivity index (χ4n) is 0. The van der Waals surface area contributed by atoms with Crippen LogP contribution in [-0.2, 0) is 0 Å². The molecule has 0 aliphatic heterocycles. The highest BCUT2D eigenvalue weighted by atomic mass is 14.2. The minimum atomic E-state index is 0. The Morgan fingerprint density at radius 3 is 0.444 bits per heavy atom. The zero-order valence-corrected chi connectivity index (χ0v) is 4.10. The third kappa shape index (κ3) is 22.5. The lowest BCUT2D eigenvalue weighted by Gasteiger charge is -0.668. The smallest absolute Gasteiger partial charge is 0.0462 e. The maximum absolute atomic E-state index is 6.50. The van der Waals surface area contributed by atoms with E-state index in [9.17, 15) is 0 Å². The molecule has 0 heterocycles. The Morgan fingerprint density at radius 1 is 0.444 bits per heavy atom. The van der Waals surface area contributed by atoms with E-state index < -0.39 is 0 Å². The van der Waals surface area contributed by atoms with Gasteiger partial charge in [0, 0.05) is 26.3 Å². The summed E-state index contributed by atoms with van der Waals surface area (Å²) in [4.78, 5) is 0. The summed E-state index contributed by atoms with van der Waals surface area (Å²) < 4.78 is 0. The standard InChI is InChI=1S/4CHN.CH4/c4*1-2;/h4*1H;1H4. The summed E-state index contributed by atoms with van der Waals surface area (Å²) in [5.74, 6) is 0. The molecule has 0 saturated carbocycles. The molecular formula is C5H8N4. The minimum absolute atomic E-state index is 0. The molecule has 0 fully saturated rings. The molecule has 4 heteroatoms. The molecule has 0 radical (unpaired) electrons. The van der Waals surface area contributed by atoms with Crippen LogP contribution in [0.15, 0.2) is 0 Å². The van der Waals surface area contributed by atoms with Gasteiger partial charge in [0.15, 0.2) is 0 Å². The molecule has 9 heavy (non-hydrogen) atoms. The second-order valence-electron chi connectivity index (χ2n) is 0. The number of nitrogens with zero attached hydrogens (tertiary/aromatic N) is 4. The van der Waals surface area contributed by atoms with Crippen molar-refractivity contribution in [2.24, 2.45) is 0 Å². The van der Waals surface area contributed by atoms with Crippen molar-refractivity contribution in [3.05, 3.63) is 0 Å². The molecule has 0 N–H and O–H groups in total. The average Bonchev–Trinajstić information content (AvgIpc) is 2.03. The van der Waals surface area contributed by atoms with Crippen LogP contribution in [0.4, 0.5) is 0 Å². The second-order valence-corrected chi connectivity index (χ2v) is 0. The van der Waals surface area contributed by atoms with Crippen LogP contribution in [-0.4, -0.2) is 0 Å². The molecule has 0 aliphatic carbocycles. The Labute approximate surface area is 55.8 Å². The highest BCUT2D eigenvalue weighted by molar-refractivity contribution is 4.04. The van der Waals surface area contributed by atoms with E-state index in [0.29, 0.717) is 0 Å². The Kier molecular flexibility index (Phi) is 252. The second kappa shape index (κ2) is 35.2. The zero-order chi connectivity index (χ0) is 8.00. The number of nitriles is 4. The molecule has 0 aromatic heterocycles. The first-order chi connectivity index (χ1) is 4.00. The van der Waals surface area contributed by atoms with E-state index in [1.807, 2.05) is 0 Å². The van der Waals surface area contributed by atoms with E-state index in [4.69, 9.17) is 21.0 Å². The largest absolute Gasteiger partial charge is 0.202 e. The minimum Gasteiger partial charge on any atom is -0.202 e. The predicted octanol–water partition coefficient (Wildman–Crippen LogP) is 1.20. The van der Waals surface area contributed by atoms with Crippen LogP contribution in [0.2, 0.25) is 0 Å². The van der Waals surface area contributed by atoms with E-state index in [1.54, 1.807) is 0 Å². The fourth-order valence-corrected chi connectivity index (χ4v) is 0. The summed E-state index contributed by atoms with van der Waals surface area (Å²) in [7, 11) is 0. The van der Waals surface area contributed by atoms with Gasteiger partial charge in [-0.25, -0.2) is 21.0 Å². The zero-order valence-electron chi connectivity index (χ0n) is 4.10. The third-order valence-corrected chi connectivity index (χ3v) is 0. The first-order valence-electron chi connectivity index (χ1n) is 1.03. The van der Waals surface area contributed by atoms with Crippen molar-refractivity contribution in [3.63, 3.8) is 0 Å². The highest BCUT2D eigenvalue weighted by Gasteiger charge is 0.519. The normalized spacial score (nSPS) is 0.889. The van der Waals surface area contributed by atoms with Gasteiger partial charge in [-0.05, 0) is 0 Å². The molecule has 0 amide bonds. The van der Waals surface area contributed by atoms with Gasteiger partial charge in [0.2, 0.25) is 0 Å². The molecule has 0 bridgehead atoms. The predicted molar refractivity (Wildman–Crippen MR) is 33.4 cm³/mol. The molecule has 0 spiro atoms. The van der Waals surface area contributed by atoms with E-state index >= 15 is 0 Å². The van der Waals surface area contributed by atoms with Gasteiger partial charge >= 0.3 is 0 Å². The van der Waals surface area contributed by atoms with Gasteiger partial charge in [-0.15, -0.1) is 0 Å². The third-order valence-electron chi connectivity index (χ3n) is 0. The van der Waals surface area contributed by atoms with E-state index in [0.717, 1.165) is 0 Å².